The number of carbonyl (C=O) groups excluding carboxylic acids is 2. The zero-order valence-corrected chi connectivity index (χ0v) is 21.6. The lowest BCUT2D eigenvalue weighted by atomic mass is 9.96. The summed E-state index contributed by atoms with van der Waals surface area (Å²) in [6, 6.07) is 6.87. The van der Waals surface area contributed by atoms with Crippen molar-refractivity contribution < 1.29 is 19.5 Å². The Morgan fingerprint density at radius 2 is 1.91 bits per heavy atom. The number of guanidine groups is 1. The molecule has 3 rings (SSSR count). The van der Waals surface area contributed by atoms with Crippen LogP contribution in [0.5, 0.6) is 0 Å². The summed E-state index contributed by atoms with van der Waals surface area (Å²) < 4.78 is 3.83. The summed E-state index contributed by atoms with van der Waals surface area (Å²) in [5, 5.41) is 15.2. The van der Waals surface area contributed by atoms with Gasteiger partial charge in [-0.15, -0.1) is 0 Å². The third-order valence-electron chi connectivity index (χ3n) is 5.29. The lowest BCUT2D eigenvalue weighted by Gasteiger charge is -2.30. The molecular weight excluding hydrogens is 537 g/mol. The number of hydrogen-bond acceptors (Lipinski definition) is 5. The molecule has 1 aliphatic rings. The summed E-state index contributed by atoms with van der Waals surface area (Å²) in [6.45, 7) is 0.444. The van der Waals surface area contributed by atoms with E-state index in [1.807, 2.05) is 0 Å². The zero-order chi connectivity index (χ0) is 25.7. The molecule has 0 saturated carbocycles. The molecule has 9 nitrogen and oxygen atoms in total. The number of benzene rings is 2. The Bertz CT molecular complexity index is 1180. The van der Waals surface area contributed by atoms with Gasteiger partial charge in [0.05, 0.1) is 15.6 Å². The molecule has 0 saturated heterocycles. The second-order valence-corrected chi connectivity index (χ2v) is 9.34. The molecular formula is C22H22Cl3N5O4S. The number of amides is 2. The fraction of sp³-hybridized carbons (Fsp3) is 0.273. The molecule has 0 bridgehead atoms. The molecule has 2 aromatic rings. The van der Waals surface area contributed by atoms with Crippen molar-refractivity contribution in [3.05, 3.63) is 67.7 Å². The smallest absolute Gasteiger partial charge is 0.328 e. The van der Waals surface area contributed by atoms with E-state index in [2.05, 4.69) is 15.0 Å². The minimum absolute atomic E-state index is 0.0263. The van der Waals surface area contributed by atoms with Crippen LogP contribution in [0.15, 0.2) is 34.7 Å². The average molecular weight is 559 g/mol. The van der Waals surface area contributed by atoms with E-state index in [1.54, 1.807) is 41.5 Å². The van der Waals surface area contributed by atoms with Gasteiger partial charge in [0.1, 0.15) is 6.04 Å². The predicted molar refractivity (Wildman–Crippen MR) is 138 cm³/mol. The van der Waals surface area contributed by atoms with Gasteiger partial charge in [-0.25, -0.2) is 4.79 Å². The number of halogens is 3. The van der Waals surface area contributed by atoms with Crippen LogP contribution in [-0.2, 0) is 17.8 Å². The highest BCUT2D eigenvalue weighted by molar-refractivity contribution is 7.97. The van der Waals surface area contributed by atoms with Crippen LogP contribution in [0.4, 0.5) is 0 Å². The summed E-state index contributed by atoms with van der Waals surface area (Å²) in [5.41, 5.74) is 7.48. The molecule has 13 heteroatoms. The van der Waals surface area contributed by atoms with Crippen molar-refractivity contribution >= 4 is 70.5 Å². The van der Waals surface area contributed by atoms with Gasteiger partial charge in [0, 0.05) is 36.5 Å². The van der Waals surface area contributed by atoms with Crippen molar-refractivity contribution in [1.82, 2.24) is 15.5 Å². The molecule has 2 amide bonds. The highest BCUT2D eigenvalue weighted by Gasteiger charge is 2.29. The molecule has 5 N–H and O–H groups in total. The van der Waals surface area contributed by atoms with Crippen LogP contribution in [0.2, 0.25) is 15.1 Å². The van der Waals surface area contributed by atoms with E-state index < -0.39 is 17.9 Å². The number of rotatable bonds is 7. The number of nitrogens with two attached hydrogens (primary N) is 1. The van der Waals surface area contributed by atoms with Crippen LogP contribution >= 0.6 is 46.8 Å². The van der Waals surface area contributed by atoms with Crippen LogP contribution in [0.1, 0.15) is 31.8 Å². The van der Waals surface area contributed by atoms with Crippen molar-refractivity contribution in [3.63, 3.8) is 0 Å². The van der Waals surface area contributed by atoms with E-state index in [-0.39, 0.29) is 40.6 Å². The van der Waals surface area contributed by atoms with Crippen LogP contribution in [0, 0.1) is 0 Å². The number of nitrogens with zero attached hydrogens (tertiary/aromatic N) is 2. The van der Waals surface area contributed by atoms with E-state index in [1.165, 1.54) is 0 Å². The fourth-order valence-corrected chi connectivity index (χ4v) is 4.73. The van der Waals surface area contributed by atoms with Crippen LogP contribution in [0.25, 0.3) is 0 Å². The number of carboxylic acid groups (broad SMARTS) is 1. The second-order valence-electron chi connectivity index (χ2n) is 7.57. The van der Waals surface area contributed by atoms with Gasteiger partial charge in [0.25, 0.3) is 11.8 Å². The number of carbonyl (C=O) groups is 3. The molecule has 2 aromatic carbocycles. The van der Waals surface area contributed by atoms with Gasteiger partial charge in [-0.05, 0) is 59.8 Å². The first-order valence-corrected chi connectivity index (χ1v) is 12.6. The quantitative estimate of drug-likeness (QED) is 0.233. The normalized spacial score (nSPS) is 14.2. The lowest BCUT2D eigenvalue weighted by Crippen LogP contribution is -2.49. The predicted octanol–water partition coefficient (Wildman–Crippen LogP) is 3.21. The molecule has 186 valence electrons. The average Bonchev–Trinajstić information content (AvgIpc) is 2.81. The maximum Gasteiger partial charge on any atom is 0.328 e. The Morgan fingerprint density at radius 1 is 1.23 bits per heavy atom. The maximum absolute atomic E-state index is 12.9. The second kappa shape index (κ2) is 11.9. The molecule has 1 aliphatic heterocycles. The monoisotopic (exact) mass is 557 g/mol. The van der Waals surface area contributed by atoms with E-state index in [0.717, 1.165) is 11.9 Å². The maximum atomic E-state index is 12.9. The largest absolute Gasteiger partial charge is 0.480 e. The molecule has 35 heavy (non-hydrogen) atoms. The molecule has 1 heterocycles. The fourth-order valence-electron chi connectivity index (χ4n) is 3.58. The van der Waals surface area contributed by atoms with Gasteiger partial charge >= 0.3 is 5.97 Å². The molecule has 0 fully saturated rings. The Hall–Kier alpha value is -2.66. The molecule has 0 aromatic heterocycles. The van der Waals surface area contributed by atoms with Gasteiger partial charge in [-0.2, -0.15) is 4.40 Å². The van der Waals surface area contributed by atoms with Gasteiger partial charge < -0.3 is 26.4 Å². The summed E-state index contributed by atoms with van der Waals surface area (Å²) >= 11 is 19.9. The number of nitrogens with one attached hydrogen (secondary N) is 2. The minimum atomic E-state index is -1.31. The molecule has 1 atom stereocenters. The minimum Gasteiger partial charge on any atom is -0.480 e. The highest BCUT2D eigenvalue weighted by Crippen LogP contribution is 2.35. The van der Waals surface area contributed by atoms with Gasteiger partial charge in [-0.3, -0.25) is 9.59 Å². The highest BCUT2D eigenvalue weighted by atomic mass is 35.5. The topological polar surface area (TPSA) is 137 Å². The number of aliphatic carboxylic acids is 1. The molecule has 0 aliphatic carbocycles. The Kier molecular flexibility index (Phi) is 9.12. The third kappa shape index (κ3) is 6.52. The first-order chi connectivity index (χ1) is 16.6. The zero-order valence-electron chi connectivity index (χ0n) is 18.5. The van der Waals surface area contributed by atoms with Crippen LogP contribution in [-0.4, -0.2) is 59.1 Å². The van der Waals surface area contributed by atoms with Crippen molar-refractivity contribution in [3.8, 4) is 0 Å². The number of carboxylic acids is 1. The summed E-state index contributed by atoms with van der Waals surface area (Å²) in [5.74, 6) is -2.15. The Labute approximate surface area is 221 Å². The molecule has 0 spiro atoms. The van der Waals surface area contributed by atoms with Crippen molar-refractivity contribution in [2.24, 2.45) is 10.1 Å². The van der Waals surface area contributed by atoms with E-state index in [9.17, 15) is 19.5 Å². The van der Waals surface area contributed by atoms with Gasteiger partial charge in [0.15, 0.2) is 5.96 Å². The number of hydrogen-bond donors (Lipinski definition) is 4. The summed E-state index contributed by atoms with van der Waals surface area (Å²) in [4.78, 5) is 39.1. The Balaban J connectivity index is 1.78. The first kappa shape index (κ1) is 26.9. The van der Waals surface area contributed by atoms with Crippen LogP contribution in [0.3, 0.4) is 0 Å². The van der Waals surface area contributed by atoms with E-state index >= 15 is 0 Å². The first-order valence-electron chi connectivity index (χ1n) is 10.3. The van der Waals surface area contributed by atoms with Gasteiger partial charge in [0.2, 0.25) is 0 Å². The van der Waals surface area contributed by atoms with Crippen molar-refractivity contribution in [2.75, 3.05) is 19.3 Å². The SMILES string of the molecule is CS/N=C(/N)NC[C@H](NC(=O)c1c(Cl)cc2c(c1Cl)CCN(C(=O)c1ccc(Cl)cc1)C2)C(=O)O. The van der Waals surface area contributed by atoms with E-state index in [4.69, 9.17) is 40.5 Å². The summed E-state index contributed by atoms with van der Waals surface area (Å²) in [6.07, 6.45) is 2.09. The third-order valence-corrected chi connectivity index (χ3v) is 6.64. The van der Waals surface area contributed by atoms with Crippen molar-refractivity contribution in [1.29, 1.82) is 0 Å². The van der Waals surface area contributed by atoms with Crippen LogP contribution < -0.4 is 16.4 Å². The number of fused-ring (bicyclic) bond motifs is 1. The molecule has 0 radical (unpaired) electrons. The van der Waals surface area contributed by atoms with Gasteiger partial charge in [-0.1, -0.05) is 34.8 Å². The molecule has 0 unspecified atom stereocenters. The van der Waals surface area contributed by atoms with E-state index in [0.29, 0.717) is 34.7 Å². The standard InChI is InChI=1S/C22H22Cl3N5O4S/c1-35-29-22(26)27-9-16(21(33)34)28-19(31)17-15(24)8-12-10-30(7-6-14(12)18(17)25)20(32)11-2-4-13(23)5-3-11/h2-5,8,16H,6-7,9-10H2,1H3,(H,28,31)(H,33,34)(H3,26,27,29)/t16-/m0/s1. The summed E-state index contributed by atoms with van der Waals surface area (Å²) in [7, 11) is 0. The lowest BCUT2D eigenvalue weighted by molar-refractivity contribution is -0.139. The Morgan fingerprint density at radius 3 is 2.54 bits per heavy atom. The van der Waals surface area contributed by atoms with Crippen molar-refractivity contribution in [2.45, 2.75) is 19.0 Å².